The van der Waals surface area contributed by atoms with Crippen molar-refractivity contribution in [2.24, 2.45) is 11.5 Å². The third-order valence-electron chi connectivity index (χ3n) is 3.29. The van der Waals surface area contributed by atoms with E-state index in [2.05, 4.69) is 50.4 Å². The van der Waals surface area contributed by atoms with E-state index >= 15 is 0 Å². The van der Waals surface area contributed by atoms with Crippen LogP contribution in [0.2, 0.25) is 0 Å². The van der Waals surface area contributed by atoms with Crippen molar-refractivity contribution in [3.63, 3.8) is 0 Å². The molecular weight excluding hydrogens is 354 g/mol. The zero-order chi connectivity index (χ0) is 22.0. The lowest BCUT2D eigenvalue weighted by atomic mass is 10.1. The van der Waals surface area contributed by atoms with Gasteiger partial charge in [-0.25, -0.2) is 0 Å². The lowest BCUT2D eigenvalue weighted by molar-refractivity contribution is -0.118. The van der Waals surface area contributed by atoms with Crippen LogP contribution in [-0.4, -0.2) is 30.5 Å². The lowest BCUT2D eigenvalue weighted by Crippen LogP contribution is -2.34. The Hall–Kier alpha value is -1.92. The van der Waals surface area contributed by atoms with Crippen LogP contribution in [0, 0.1) is 0 Å². The third kappa shape index (κ3) is 20.4. The molecule has 0 radical (unpaired) electrons. The van der Waals surface area contributed by atoms with Crippen LogP contribution in [0.4, 0.5) is 0 Å². The van der Waals surface area contributed by atoms with E-state index in [9.17, 15) is 9.59 Å². The Morgan fingerprint density at radius 3 is 2.00 bits per heavy atom. The van der Waals surface area contributed by atoms with Crippen molar-refractivity contribution in [2.75, 3.05) is 6.61 Å². The SMILES string of the molecule is CC(C)(C)NC=O.CCC.CCc1ccc(COCC(N)CCC(N)=O)cc1. The van der Waals surface area contributed by atoms with Gasteiger partial charge in [0.15, 0.2) is 0 Å². The first kappa shape index (κ1) is 28.3. The summed E-state index contributed by atoms with van der Waals surface area (Å²) < 4.78 is 5.51. The minimum atomic E-state index is -0.319. The van der Waals surface area contributed by atoms with E-state index in [-0.39, 0.29) is 17.5 Å². The van der Waals surface area contributed by atoms with Crippen LogP contribution in [0.1, 0.15) is 71.9 Å². The zero-order valence-electron chi connectivity index (χ0n) is 18.6. The fourth-order valence-corrected chi connectivity index (χ4v) is 1.79. The van der Waals surface area contributed by atoms with Gasteiger partial charge in [0, 0.05) is 18.0 Å². The van der Waals surface area contributed by atoms with E-state index in [1.165, 1.54) is 12.0 Å². The number of nitrogens with one attached hydrogen (secondary N) is 1. The summed E-state index contributed by atoms with van der Waals surface area (Å²) in [7, 11) is 0. The second-order valence-electron chi connectivity index (χ2n) is 7.67. The number of hydrogen-bond acceptors (Lipinski definition) is 4. The summed E-state index contributed by atoms with van der Waals surface area (Å²) >= 11 is 0. The van der Waals surface area contributed by atoms with Crippen LogP contribution in [0.25, 0.3) is 0 Å². The molecule has 0 bridgehead atoms. The van der Waals surface area contributed by atoms with Crippen molar-refractivity contribution in [1.29, 1.82) is 0 Å². The highest BCUT2D eigenvalue weighted by Crippen LogP contribution is 2.06. The van der Waals surface area contributed by atoms with E-state index in [1.54, 1.807) is 0 Å². The Labute approximate surface area is 171 Å². The van der Waals surface area contributed by atoms with Crippen molar-refractivity contribution in [1.82, 2.24) is 5.32 Å². The van der Waals surface area contributed by atoms with Gasteiger partial charge in [0.1, 0.15) is 0 Å². The lowest BCUT2D eigenvalue weighted by Gasteiger charge is -2.15. The average Bonchev–Trinajstić information content (AvgIpc) is 2.61. The predicted octanol–water partition coefficient (Wildman–Crippen LogP) is 3.31. The molecule has 1 atom stereocenters. The van der Waals surface area contributed by atoms with Crippen molar-refractivity contribution in [3.05, 3.63) is 35.4 Å². The number of rotatable bonds is 9. The Bertz CT molecular complexity index is 511. The number of aryl methyl sites for hydroxylation is 1. The van der Waals surface area contributed by atoms with Gasteiger partial charge in [-0.15, -0.1) is 0 Å². The molecule has 0 aromatic heterocycles. The van der Waals surface area contributed by atoms with Crippen LogP contribution in [-0.2, 0) is 27.4 Å². The van der Waals surface area contributed by atoms with Crippen LogP contribution >= 0.6 is 0 Å². The number of nitrogens with two attached hydrogens (primary N) is 2. The molecule has 0 saturated heterocycles. The minimum absolute atomic E-state index is 0.0677. The van der Waals surface area contributed by atoms with Crippen LogP contribution in [0.5, 0.6) is 0 Å². The van der Waals surface area contributed by atoms with Crippen LogP contribution < -0.4 is 16.8 Å². The van der Waals surface area contributed by atoms with E-state index in [4.69, 9.17) is 16.2 Å². The molecule has 5 N–H and O–H groups in total. The maximum Gasteiger partial charge on any atom is 0.217 e. The summed E-state index contributed by atoms with van der Waals surface area (Å²) in [6.07, 6.45) is 3.89. The molecule has 0 heterocycles. The maximum atomic E-state index is 10.6. The monoisotopic (exact) mass is 395 g/mol. The molecule has 0 saturated carbocycles. The fourth-order valence-electron chi connectivity index (χ4n) is 1.79. The summed E-state index contributed by atoms with van der Waals surface area (Å²) in [6.45, 7) is 13.2. The fraction of sp³-hybridized carbons (Fsp3) is 0.636. The Balaban J connectivity index is 0. The number of carbonyl (C=O) groups is 2. The molecule has 6 nitrogen and oxygen atoms in total. The maximum absolute atomic E-state index is 10.6. The number of benzene rings is 1. The van der Waals surface area contributed by atoms with Crippen molar-refractivity contribution in [3.8, 4) is 0 Å². The molecule has 0 aliphatic carbocycles. The Kier molecular flexibility index (Phi) is 17.4. The molecule has 0 fully saturated rings. The highest BCUT2D eigenvalue weighted by atomic mass is 16.5. The van der Waals surface area contributed by atoms with Gasteiger partial charge >= 0.3 is 0 Å². The number of hydrogen-bond donors (Lipinski definition) is 3. The smallest absolute Gasteiger partial charge is 0.217 e. The van der Waals surface area contributed by atoms with Gasteiger partial charge in [-0.2, -0.15) is 0 Å². The number of primary amides is 1. The normalized spacial score (nSPS) is 11.2. The Morgan fingerprint density at radius 2 is 1.64 bits per heavy atom. The summed E-state index contributed by atoms with van der Waals surface area (Å²) in [4.78, 5) is 20.3. The molecule has 6 heteroatoms. The van der Waals surface area contributed by atoms with E-state index in [0.717, 1.165) is 12.0 Å². The van der Waals surface area contributed by atoms with Gasteiger partial charge in [0.25, 0.3) is 0 Å². The second-order valence-corrected chi connectivity index (χ2v) is 7.67. The molecule has 0 aliphatic heterocycles. The first-order valence-corrected chi connectivity index (χ1v) is 10.00. The van der Waals surface area contributed by atoms with Crippen molar-refractivity contribution in [2.45, 2.75) is 85.4 Å². The molecule has 28 heavy (non-hydrogen) atoms. The van der Waals surface area contributed by atoms with Gasteiger partial charge in [-0.3, -0.25) is 9.59 Å². The minimum Gasteiger partial charge on any atom is -0.375 e. The highest BCUT2D eigenvalue weighted by Gasteiger charge is 2.05. The second kappa shape index (κ2) is 17.2. The first-order valence-electron chi connectivity index (χ1n) is 10.00. The molecule has 162 valence electrons. The topological polar surface area (TPSA) is 107 Å². The van der Waals surface area contributed by atoms with E-state index in [1.807, 2.05) is 20.8 Å². The molecule has 0 spiro atoms. The van der Waals surface area contributed by atoms with Gasteiger partial charge in [0.05, 0.1) is 13.2 Å². The highest BCUT2D eigenvalue weighted by molar-refractivity contribution is 5.73. The van der Waals surface area contributed by atoms with E-state index in [0.29, 0.717) is 32.5 Å². The van der Waals surface area contributed by atoms with Gasteiger partial charge in [0.2, 0.25) is 12.3 Å². The van der Waals surface area contributed by atoms with Crippen molar-refractivity contribution < 1.29 is 14.3 Å². The molecule has 2 amide bonds. The standard InChI is InChI=1S/C14H22N2O2.C5H11NO.C3H8/c1-2-11-3-5-12(6-4-11)9-18-10-13(15)7-8-14(16)17;1-5(2,3)6-4-7;1-3-2/h3-6,13H,2,7-10,15H2,1H3,(H2,16,17);4H,1-3H3,(H,6,7);3H2,1-2H3. The molecule has 1 aromatic carbocycles. The van der Waals surface area contributed by atoms with Crippen LogP contribution in [0.15, 0.2) is 24.3 Å². The van der Waals surface area contributed by atoms with E-state index < -0.39 is 0 Å². The number of amides is 2. The zero-order valence-corrected chi connectivity index (χ0v) is 18.6. The number of carbonyl (C=O) groups excluding carboxylic acids is 2. The Morgan fingerprint density at radius 1 is 1.14 bits per heavy atom. The summed E-state index contributed by atoms with van der Waals surface area (Å²) in [6, 6.07) is 8.20. The number of ether oxygens (including phenoxy) is 1. The summed E-state index contributed by atoms with van der Waals surface area (Å²) in [5.41, 5.74) is 13.2. The molecule has 1 rings (SSSR count). The quantitative estimate of drug-likeness (QED) is 0.557. The van der Waals surface area contributed by atoms with Gasteiger partial charge < -0.3 is 21.5 Å². The largest absolute Gasteiger partial charge is 0.375 e. The van der Waals surface area contributed by atoms with Crippen LogP contribution in [0.3, 0.4) is 0 Å². The first-order chi connectivity index (χ1) is 13.1. The average molecular weight is 396 g/mol. The molecular formula is C22H41N3O3. The predicted molar refractivity (Wildman–Crippen MR) is 117 cm³/mol. The third-order valence-corrected chi connectivity index (χ3v) is 3.29. The molecule has 1 unspecified atom stereocenters. The molecule has 0 aliphatic rings. The summed E-state index contributed by atoms with van der Waals surface area (Å²) in [5.74, 6) is -0.319. The van der Waals surface area contributed by atoms with Gasteiger partial charge in [-0.05, 0) is 44.7 Å². The van der Waals surface area contributed by atoms with Gasteiger partial charge in [-0.1, -0.05) is 51.5 Å². The summed E-state index contributed by atoms with van der Waals surface area (Å²) in [5, 5.41) is 2.60. The molecule has 1 aromatic rings. The van der Waals surface area contributed by atoms with Crippen molar-refractivity contribution >= 4 is 12.3 Å².